The average molecular weight is 275 g/mol. The SMILES string of the molecule is COc1ccc(C#CCO)cc1CN1CCCOCC1. The summed E-state index contributed by atoms with van der Waals surface area (Å²) in [4.78, 5) is 2.37. The molecule has 1 aliphatic heterocycles. The van der Waals surface area contributed by atoms with Gasteiger partial charge in [-0.3, -0.25) is 4.90 Å². The molecule has 2 rings (SSSR count). The Morgan fingerprint density at radius 3 is 3.05 bits per heavy atom. The quantitative estimate of drug-likeness (QED) is 0.843. The van der Waals surface area contributed by atoms with Crippen molar-refractivity contribution in [3.63, 3.8) is 0 Å². The van der Waals surface area contributed by atoms with E-state index in [1.54, 1.807) is 7.11 Å². The third-order valence-corrected chi connectivity index (χ3v) is 3.30. The minimum Gasteiger partial charge on any atom is -0.496 e. The molecule has 0 aliphatic carbocycles. The van der Waals surface area contributed by atoms with E-state index in [-0.39, 0.29) is 6.61 Å². The van der Waals surface area contributed by atoms with Crippen molar-refractivity contribution in [1.82, 2.24) is 4.90 Å². The van der Waals surface area contributed by atoms with Crippen LogP contribution < -0.4 is 4.74 Å². The number of methoxy groups -OCH3 is 1. The van der Waals surface area contributed by atoms with E-state index >= 15 is 0 Å². The standard InChI is InChI=1S/C16H21NO3/c1-19-16-6-5-14(4-2-9-18)12-15(16)13-17-7-3-10-20-11-8-17/h5-6,12,18H,3,7-11,13H2,1H3. The predicted molar refractivity (Wildman–Crippen MR) is 77.7 cm³/mol. The molecule has 0 amide bonds. The third kappa shape index (κ3) is 4.24. The van der Waals surface area contributed by atoms with Crippen LogP contribution in [0.25, 0.3) is 0 Å². The Morgan fingerprint density at radius 2 is 2.25 bits per heavy atom. The number of aliphatic hydroxyl groups excluding tert-OH is 1. The van der Waals surface area contributed by atoms with E-state index in [1.807, 2.05) is 18.2 Å². The van der Waals surface area contributed by atoms with Crippen LogP contribution in [0.15, 0.2) is 18.2 Å². The van der Waals surface area contributed by atoms with Crippen molar-refractivity contribution in [2.45, 2.75) is 13.0 Å². The molecular formula is C16H21NO3. The van der Waals surface area contributed by atoms with E-state index in [4.69, 9.17) is 14.6 Å². The Bertz CT molecular complexity index is 482. The summed E-state index contributed by atoms with van der Waals surface area (Å²) >= 11 is 0. The van der Waals surface area contributed by atoms with E-state index in [9.17, 15) is 0 Å². The molecule has 20 heavy (non-hydrogen) atoms. The van der Waals surface area contributed by atoms with Gasteiger partial charge >= 0.3 is 0 Å². The number of hydrogen-bond acceptors (Lipinski definition) is 4. The lowest BCUT2D eigenvalue weighted by Gasteiger charge is -2.20. The third-order valence-electron chi connectivity index (χ3n) is 3.30. The molecule has 0 saturated carbocycles. The first kappa shape index (κ1) is 14.9. The molecule has 4 heteroatoms. The number of benzene rings is 1. The number of hydrogen-bond donors (Lipinski definition) is 1. The minimum atomic E-state index is -0.120. The second-order valence-electron chi connectivity index (χ2n) is 4.73. The van der Waals surface area contributed by atoms with Crippen molar-refractivity contribution in [1.29, 1.82) is 0 Å². The number of ether oxygens (including phenoxy) is 2. The summed E-state index contributed by atoms with van der Waals surface area (Å²) in [5.41, 5.74) is 2.03. The van der Waals surface area contributed by atoms with Crippen LogP contribution in [-0.4, -0.2) is 50.0 Å². The number of rotatable bonds is 3. The summed E-state index contributed by atoms with van der Waals surface area (Å²) in [7, 11) is 1.68. The number of nitrogens with zero attached hydrogens (tertiary/aromatic N) is 1. The van der Waals surface area contributed by atoms with Crippen molar-refractivity contribution in [3.8, 4) is 17.6 Å². The maximum absolute atomic E-state index is 8.77. The van der Waals surface area contributed by atoms with E-state index < -0.39 is 0 Å². The second kappa shape index (κ2) is 7.91. The normalized spacial score (nSPS) is 16.1. The Labute approximate surface area is 120 Å². The molecule has 0 radical (unpaired) electrons. The molecular weight excluding hydrogens is 254 g/mol. The molecule has 1 aliphatic rings. The maximum Gasteiger partial charge on any atom is 0.123 e. The van der Waals surface area contributed by atoms with Gasteiger partial charge in [0.15, 0.2) is 0 Å². The molecule has 0 unspecified atom stereocenters. The van der Waals surface area contributed by atoms with Crippen LogP contribution in [0.2, 0.25) is 0 Å². The first-order chi connectivity index (χ1) is 9.83. The fraction of sp³-hybridized carbons (Fsp3) is 0.500. The monoisotopic (exact) mass is 275 g/mol. The van der Waals surface area contributed by atoms with E-state index in [1.165, 1.54) is 0 Å². The summed E-state index contributed by atoms with van der Waals surface area (Å²) < 4.78 is 10.9. The Balaban J connectivity index is 2.14. The van der Waals surface area contributed by atoms with Crippen molar-refractivity contribution in [2.75, 3.05) is 40.0 Å². The second-order valence-corrected chi connectivity index (χ2v) is 4.73. The van der Waals surface area contributed by atoms with Crippen LogP contribution in [0.1, 0.15) is 17.5 Å². The van der Waals surface area contributed by atoms with E-state index in [2.05, 4.69) is 16.7 Å². The van der Waals surface area contributed by atoms with Gasteiger partial charge in [0.1, 0.15) is 12.4 Å². The Morgan fingerprint density at radius 1 is 1.35 bits per heavy atom. The molecule has 0 bridgehead atoms. The molecule has 1 fully saturated rings. The zero-order chi connectivity index (χ0) is 14.2. The van der Waals surface area contributed by atoms with Crippen molar-refractivity contribution in [3.05, 3.63) is 29.3 Å². The van der Waals surface area contributed by atoms with E-state index in [0.717, 1.165) is 56.1 Å². The predicted octanol–water partition coefficient (Wildman–Crippen LogP) is 1.26. The lowest BCUT2D eigenvalue weighted by molar-refractivity contribution is 0.140. The molecule has 1 aromatic rings. The van der Waals surface area contributed by atoms with Gasteiger partial charge < -0.3 is 14.6 Å². The fourth-order valence-corrected chi connectivity index (χ4v) is 2.32. The maximum atomic E-state index is 8.77. The van der Waals surface area contributed by atoms with Gasteiger partial charge in [-0.2, -0.15) is 0 Å². The van der Waals surface area contributed by atoms with Crippen molar-refractivity contribution >= 4 is 0 Å². The molecule has 1 N–H and O–H groups in total. The van der Waals surface area contributed by atoms with Crippen molar-refractivity contribution < 1.29 is 14.6 Å². The molecule has 4 nitrogen and oxygen atoms in total. The van der Waals surface area contributed by atoms with Gasteiger partial charge in [0.05, 0.1) is 13.7 Å². The van der Waals surface area contributed by atoms with Crippen LogP contribution in [0.4, 0.5) is 0 Å². The largest absolute Gasteiger partial charge is 0.496 e. The topological polar surface area (TPSA) is 41.9 Å². The molecule has 1 heterocycles. The molecule has 0 atom stereocenters. The highest BCUT2D eigenvalue weighted by molar-refractivity contribution is 5.44. The van der Waals surface area contributed by atoms with Gasteiger partial charge in [-0.1, -0.05) is 11.8 Å². The smallest absolute Gasteiger partial charge is 0.123 e. The highest BCUT2D eigenvalue weighted by Gasteiger charge is 2.12. The highest BCUT2D eigenvalue weighted by Crippen LogP contribution is 2.21. The van der Waals surface area contributed by atoms with Crippen LogP contribution in [0.5, 0.6) is 5.75 Å². The first-order valence-corrected chi connectivity index (χ1v) is 6.90. The van der Waals surface area contributed by atoms with Crippen LogP contribution in [0.3, 0.4) is 0 Å². The molecule has 0 aromatic heterocycles. The molecule has 1 aromatic carbocycles. The minimum absolute atomic E-state index is 0.120. The van der Waals surface area contributed by atoms with Gasteiger partial charge in [0, 0.05) is 37.4 Å². The summed E-state index contributed by atoms with van der Waals surface area (Å²) in [6.45, 7) is 4.32. The first-order valence-electron chi connectivity index (χ1n) is 6.90. The lowest BCUT2D eigenvalue weighted by Crippen LogP contribution is -2.26. The Kier molecular flexibility index (Phi) is 5.87. The van der Waals surface area contributed by atoms with Gasteiger partial charge in [-0.25, -0.2) is 0 Å². The summed E-state index contributed by atoms with van der Waals surface area (Å²) in [6.07, 6.45) is 1.06. The van der Waals surface area contributed by atoms with Gasteiger partial charge in [-0.05, 0) is 24.6 Å². The zero-order valence-electron chi connectivity index (χ0n) is 11.9. The lowest BCUT2D eigenvalue weighted by atomic mass is 10.1. The van der Waals surface area contributed by atoms with Crippen molar-refractivity contribution in [2.24, 2.45) is 0 Å². The average Bonchev–Trinajstić information content (AvgIpc) is 2.74. The van der Waals surface area contributed by atoms with Gasteiger partial charge in [0.25, 0.3) is 0 Å². The molecule has 0 spiro atoms. The summed E-state index contributed by atoms with van der Waals surface area (Å²) in [5.74, 6) is 6.49. The fourth-order valence-electron chi connectivity index (χ4n) is 2.32. The number of aliphatic hydroxyl groups is 1. The summed E-state index contributed by atoms with van der Waals surface area (Å²) in [5, 5.41) is 8.77. The van der Waals surface area contributed by atoms with Crippen LogP contribution in [-0.2, 0) is 11.3 Å². The molecule has 1 saturated heterocycles. The highest BCUT2D eigenvalue weighted by atomic mass is 16.5. The summed E-state index contributed by atoms with van der Waals surface area (Å²) in [6, 6.07) is 5.88. The zero-order valence-corrected chi connectivity index (χ0v) is 11.9. The molecule has 108 valence electrons. The van der Waals surface area contributed by atoms with Crippen LogP contribution in [0, 0.1) is 11.8 Å². The van der Waals surface area contributed by atoms with E-state index in [0.29, 0.717) is 0 Å². The van der Waals surface area contributed by atoms with Gasteiger partial charge in [0.2, 0.25) is 0 Å². The van der Waals surface area contributed by atoms with Gasteiger partial charge in [-0.15, -0.1) is 0 Å². The van der Waals surface area contributed by atoms with Crippen LogP contribution >= 0.6 is 0 Å². The Hall–Kier alpha value is -1.54.